The predicted molar refractivity (Wildman–Crippen MR) is 94.8 cm³/mol. The summed E-state index contributed by atoms with van der Waals surface area (Å²) in [4.78, 5) is 28.7. The van der Waals surface area contributed by atoms with Crippen molar-refractivity contribution in [3.05, 3.63) is 35.6 Å². The molecule has 7 heteroatoms. The zero-order valence-electron chi connectivity index (χ0n) is 15.3. The smallest absolute Gasteiger partial charge is 0.237 e. The van der Waals surface area contributed by atoms with E-state index in [1.807, 2.05) is 4.90 Å². The van der Waals surface area contributed by atoms with E-state index in [0.29, 0.717) is 39.4 Å². The molecule has 6 nitrogen and oxygen atoms in total. The highest BCUT2D eigenvalue weighted by Gasteiger charge is 2.37. The van der Waals surface area contributed by atoms with Crippen molar-refractivity contribution in [1.29, 1.82) is 0 Å². The Kier molecular flexibility index (Phi) is 5.58. The first-order valence-electron chi connectivity index (χ1n) is 8.94. The third-order valence-corrected chi connectivity index (χ3v) is 5.05. The van der Waals surface area contributed by atoms with Crippen molar-refractivity contribution >= 4 is 11.8 Å². The summed E-state index contributed by atoms with van der Waals surface area (Å²) in [6.07, 6.45) is 0.139. The number of nitrogens with zero attached hydrogens (tertiary/aromatic N) is 2. The fourth-order valence-electron chi connectivity index (χ4n) is 3.52. The lowest BCUT2D eigenvalue weighted by Crippen LogP contribution is -2.56. The van der Waals surface area contributed by atoms with Gasteiger partial charge >= 0.3 is 0 Å². The van der Waals surface area contributed by atoms with Crippen molar-refractivity contribution in [1.82, 2.24) is 15.1 Å². The molecule has 0 aromatic heterocycles. The summed E-state index contributed by atoms with van der Waals surface area (Å²) in [6.45, 7) is 5.76. The van der Waals surface area contributed by atoms with E-state index in [4.69, 9.17) is 4.74 Å². The number of nitrogens with one attached hydrogen (secondary N) is 1. The summed E-state index contributed by atoms with van der Waals surface area (Å²) >= 11 is 0. The van der Waals surface area contributed by atoms with Gasteiger partial charge in [-0.3, -0.25) is 14.5 Å². The molecule has 3 rings (SSSR count). The highest BCUT2D eigenvalue weighted by molar-refractivity contribution is 5.88. The average molecular weight is 363 g/mol. The fourth-order valence-corrected chi connectivity index (χ4v) is 3.52. The van der Waals surface area contributed by atoms with Crippen LogP contribution in [0.1, 0.15) is 18.9 Å². The van der Waals surface area contributed by atoms with E-state index in [-0.39, 0.29) is 29.5 Å². The molecule has 2 fully saturated rings. The minimum absolute atomic E-state index is 0.00698. The lowest BCUT2D eigenvalue weighted by molar-refractivity contribution is -0.146. The van der Waals surface area contributed by atoms with E-state index < -0.39 is 6.04 Å². The molecule has 1 aromatic rings. The van der Waals surface area contributed by atoms with Gasteiger partial charge in [0, 0.05) is 38.6 Å². The number of rotatable bonds is 6. The quantitative estimate of drug-likeness (QED) is 0.820. The SMILES string of the molecule is CN(CC1(C)COC1)C(=O)C[C@@H]1C(=O)NCCN1Cc1ccc(F)cc1. The molecule has 0 unspecified atom stereocenters. The van der Waals surface area contributed by atoms with Gasteiger partial charge in [-0.25, -0.2) is 4.39 Å². The van der Waals surface area contributed by atoms with Gasteiger partial charge in [-0.05, 0) is 17.7 Å². The van der Waals surface area contributed by atoms with Crippen LogP contribution in [0.4, 0.5) is 4.39 Å². The van der Waals surface area contributed by atoms with Gasteiger partial charge in [0.15, 0.2) is 0 Å². The van der Waals surface area contributed by atoms with E-state index in [1.54, 1.807) is 24.1 Å². The molecule has 0 spiro atoms. The molecule has 1 aromatic carbocycles. The van der Waals surface area contributed by atoms with Crippen LogP contribution in [-0.4, -0.2) is 67.6 Å². The molecule has 2 amide bonds. The monoisotopic (exact) mass is 363 g/mol. The first-order chi connectivity index (χ1) is 12.4. The summed E-state index contributed by atoms with van der Waals surface area (Å²) in [5.41, 5.74) is 0.929. The normalized spacial score (nSPS) is 22.4. The maximum atomic E-state index is 13.1. The van der Waals surface area contributed by atoms with Gasteiger partial charge in [0.05, 0.1) is 25.7 Å². The molecule has 0 bridgehead atoms. The Morgan fingerprint density at radius 3 is 2.69 bits per heavy atom. The number of halogens is 1. The van der Waals surface area contributed by atoms with Crippen LogP contribution >= 0.6 is 0 Å². The second-order valence-corrected chi connectivity index (χ2v) is 7.66. The topological polar surface area (TPSA) is 61.9 Å². The van der Waals surface area contributed by atoms with E-state index in [2.05, 4.69) is 12.2 Å². The number of ether oxygens (including phenoxy) is 1. The third-order valence-electron chi connectivity index (χ3n) is 5.05. The lowest BCUT2D eigenvalue weighted by Gasteiger charge is -2.41. The molecule has 2 aliphatic rings. The number of carbonyl (C=O) groups is 2. The first kappa shape index (κ1) is 18.8. The van der Waals surface area contributed by atoms with Crippen LogP contribution < -0.4 is 5.32 Å². The van der Waals surface area contributed by atoms with E-state index in [9.17, 15) is 14.0 Å². The molecule has 26 heavy (non-hydrogen) atoms. The maximum absolute atomic E-state index is 13.1. The molecule has 2 aliphatic heterocycles. The van der Waals surface area contributed by atoms with Crippen LogP contribution in [0, 0.1) is 11.2 Å². The zero-order valence-corrected chi connectivity index (χ0v) is 15.3. The van der Waals surface area contributed by atoms with Gasteiger partial charge in [0.25, 0.3) is 0 Å². The van der Waals surface area contributed by atoms with Crippen molar-refractivity contribution in [2.45, 2.75) is 25.9 Å². The van der Waals surface area contributed by atoms with Gasteiger partial charge in [0.2, 0.25) is 11.8 Å². The Bertz CT molecular complexity index is 660. The standard InChI is InChI=1S/C19H26FN3O3/c1-19(12-26-13-19)11-22(2)17(24)9-16-18(25)21-7-8-23(16)10-14-3-5-15(20)6-4-14/h3-6,16H,7-13H2,1-2H3,(H,21,25)/t16-/m1/s1. The third kappa shape index (κ3) is 4.40. The van der Waals surface area contributed by atoms with Gasteiger partial charge in [0.1, 0.15) is 5.82 Å². The average Bonchev–Trinajstić information content (AvgIpc) is 2.58. The summed E-state index contributed by atoms with van der Waals surface area (Å²) in [7, 11) is 1.77. The highest BCUT2D eigenvalue weighted by Crippen LogP contribution is 2.27. The Hall–Kier alpha value is -1.99. The summed E-state index contributed by atoms with van der Waals surface area (Å²) < 4.78 is 18.3. The van der Waals surface area contributed by atoms with Crippen LogP contribution in [-0.2, 0) is 20.9 Å². The van der Waals surface area contributed by atoms with Crippen LogP contribution in [0.15, 0.2) is 24.3 Å². The molecule has 1 atom stereocenters. The van der Waals surface area contributed by atoms with Crippen molar-refractivity contribution in [2.75, 3.05) is 39.9 Å². The second kappa shape index (κ2) is 7.72. The maximum Gasteiger partial charge on any atom is 0.237 e. The van der Waals surface area contributed by atoms with Crippen LogP contribution in [0.25, 0.3) is 0 Å². The molecular formula is C19H26FN3O3. The van der Waals surface area contributed by atoms with Crippen LogP contribution in [0.5, 0.6) is 0 Å². The van der Waals surface area contributed by atoms with Crippen molar-refractivity contribution in [3.63, 3.8) is 0 Å². The molecule has 0 aliphatic carbocycles. The van der Waals surface area contributed by atoms with Crippen LogP contribution in [0.2, 0.25) is 0 Å². The summed E-state index contributed by atoms with van der Waals surface area (Å²) in [5.74, 6) is -0.463. The van der Waals surface area contributed by atoms with E-state index >= 15 is 0 Å². The van der Waals surface area contributed by atoms with Crippen molar-refractivity contribution in [2.24, 2.45) is 5.41 Å². The van der Waals surface area contributed by atoms with Gasteiger partial charge in [-0.1, -0.05) is 19.1 Å². The number of carbonyl (C=O) groups excluding carboxylic acids is 2. The Balaban J connectivity index is 1.63. The number of piperazine rings is 1. The fraction of sp³-hybridized carbons (Fsp3) is 0.579. The van der Waals surface area contributed by atoms with Crippen molar-refractivity contribution in [3.8, 4) is 0 Å². The minimum atomic E-state index is -0.505. The molecule has 142 valence electrons. The minimum Gasteiger partial charge on any atom is -0.380 e. The Morgan fingerprint density at radius 1 is 1.38 bits per heavy atom. The van der Waals surface area contributed by atoms with E-state index in [0.717, 1.165) is 5.56 Å². The number of hydrogen-bond acceptors (Lipinski definition) is 4. The van der Waals surface area contributed by atoms with Crippen LogP contribution in [0.3, 0.4) is 0 Å². The summed E-state index contributed by atoms with van der Waals surface area (Å²) in [6, 6.07) is 5.74. The Morgan fingerprint density at radius 2 is 2.08 bits per heavy atom. The number of benzene rings is 1. The molecule has 2 saturated heterocycles. The largest absolute Gasteiger partial charge is 0.380 e. The number of hydrogen-bond donors (Lipinski definition) is 1. The van der Waals surface area contributed by atoms with E-state index in [1.165, 1.54) is 12.1 Å². The molecule has 0 radical (unpaired) electrons. The molecule has 0 saturated carbocycles. The summed E-state index contributed by atoms with van der Waals surface area (Å²) in [5, 5.41) is 2.84. The zero-order chi connectivity index (χ0) is 18.7. The second-order valence-electron chi connectivity index (χ2n) is 7.66. The van der Waals surface area contributed by atoms with Crippen molar-refractivity contribution < 1.29 is 18.7 Å². The molecule has 1 N–H and O–H groups in total. The number of amides is 2. The molecule has 2 heterocycles. The lowest BCUT2D eigenvalue weighted by atomic mass is 9.88. The Labute approximate surface area is 153 Å². The van der Waals surface area contributed by atoms with Gasteiger partial charge in [-0.2, -0.15) is 0 Å². The predicted octanol–water partition coefficient (Wildman–Crippen LogP) is 1.01. The molecular weight excluding hydrogens is 337 g/mol. The highest BCUT2D eigenvalue weighted by atomic mass is 19.1. The van der Waals surface area contributed by atoms with Gasteiger partial charge in [-0.15, -0.1) is 0 Å². The van der Waals surface area contributed by atoms with Gasteiger partial charge < -0.3 is 15.0 Å². The first-order valence-corrected chi connectivity index (χ1v) is 8.94.